The first-order valence-corrected chi connectivity index (χ1v) is 7.83. The molecule has 0 saturated heterocycles. The third-order valence-corrected chi connectivity index (χ3v) is 4.18. The van der Waals surface area contributed by atoms with E-state index in [-0.39, 0.29) is 11.9 Å². The highest BCUT2D eigenvalue weighted by Gasteiger charge is 2.30. The maximum atomic E-state index is 11.9. The van der Waals surface area contributed by atoms with Crippen molar-refractivity contribution in [3.63, 3.8) is 0 Å². The van der Waals surface area contributed by atoms with Gasteiger partial charge in [-0.2, -0.15) is 0 Å². The first-order chi connectivity index (χ1) is 9.47. The highest BCUT2D eigenvalue weighted by Crippen LogP contribution is 2.39. The molecule has 4 nitrogen and oxygen atoms in total. The fraction of sp³-hybridized carbons (Fsp3) is 0.533. The standard InChI is InChI=1S/C15H22BrN3O/c1-5-19(8-9(2)3)13-7-12-10(6-11(13)16)14(17-4)15(20)18-12/h6-7,9,14,17H,5,8H2,1-4H3,(H,18,20). The summed E-state index contributed by atoms with van der Waals surface area (Å²) in [6.45, 7) is 8.51. The maximum Gasteiger partial charge on any atom is 0.246 e. The summed E-state index contributed by atoms with van der Waals surface area (Å²) in [5.74, 6) is 0.605. The third kappa shape index (κ3) is 2.83. The van der Waals surface area contributed by atoms with E-state index in [1.807, 2.05) is 6.07 Å². The minimum absolute atomic E-state index is 0.0125. The lowest BCUT2D eigenvalue weighted by molar-refractivity contribution is -0.117. The van der Waals surface area contributed by atoms with Gasteiger partial charge in [-0.3, -0.25) is 4.79 Å². The lowest BCUT2D eigenvalue weighted by Crippen LogP contribution is -2.27. The Balaban J connectivity index is 2.38. The van der Waals surface area contributed by atoms with Crippen molar-refractivity contribution in [2.24, 2.45) is 5.92 Å². The molecule has 1 aromatic carbocycles. The molecule has 0 fully saturated rings. The second-order valence-corrected chi connectivity index (χ2v) is 6.39. The topological polar surface area (TPSA) is 44.4 Å². The van der Waals surface area contributed by atoms with E-state index < -0.39 is 0 Å². The number of hydrogen-bond acceptors (Lipinski definition) is 3. The molecule has 0 aromatic heterocycles. The largest absolute Gasteiger partial charge is 0.371 e. The van der Waals surface area contributed by atoms with Crippen molar-refractivity contribution < 1.29 is 4.79 Å². The number of fused-ring (bicyclic) bond motifs is 1. The molecule has 1 atom stereocenters. The summed E-state index contributed by atoms with van der Waals surface area (Å²) in [6, 6.07) is 3.86. The zero-order valence-corrected chi connectivity index (χ0v) is 14.0. The van der Waals surface area contributed by atoms with Crippen LogP contribution < -0.4 is 15.5 Å². The fourth-order valence-electron chi connectivity index (χ4n) is 2.64. The fourth-order valence-corrected chi connectivity index (χ4v) is 3.25. The summed E-state index contributed by atoms with van der Waals surface area (Å²) in [5, 5.41) is 5.99. The van der Waals surface area contributed by atoms with Crippen molar-refractivity contribution in [1.29, 1.82) is 0 Å². The molecule has 5 heteroatoms. The molecule has 1 aliphatic rings. The average Bonchev–Trinajstić information content (AvgIpc) is 2.69. The summed E-state index contributed by atoms with van der Waals surface area (Å²) in [6.07, 6.45) is 0. The third-order valence-electron chi connectivity index (χ3n) is 3.55. The average molecular weight is 340 g/mol. The molecule has 1 aromatic rings. The normalized spacial score (nSPS) is 17.3. The SMILES string of the molecule is CCN(CC(C)C)c1cc2c(cc1Br)C(NC)C(=O)N2. The van der Waals surface area contributed by atoms with Gasteiger partial charge in [0.25, 0.3) is 0 Å². The number of anilines is 2. The molecular weight excluding hydrogens is 318 g/mol. The molecule has 1 unspecified atom stereocenters. The van der Waals surface area contributed by atoms with Crippen molar-refractivity contribution >= 4 is 33.2 Å². The van der Waals surface area contributed by atoms with Gasteiger partial charge in [0.15, 0.2) is 0 Å². The molecule has 1 heterocycles. The Bertz CT molecular complexity index is 516. The quantitative estimate of drug-likeness (QED) is 0.866. The minimum Gasteiger partial charge on any atom is -0.371 e. The number of benzene rings is 1. The number of amides is 1. The summed E-state index contributed by atoms with van der Waals surface area (Å²) in [5.41, 5.74) is 3.06. The van der Waals surface area contributed by atoms with Crippen LogP contribution in [0.4, 0.5) is 11.4 Å². The molecule has 110 valence electrons. The lowest BCUT2D eigenvalue weighted by atomic mass is 10.1. The van der Waals surface area contributed by atoms with Gasteiger partial charge >= 0.3 is 0 Å². The number of hydrogen-bond donors (Lipinski definition) is 2. The summed E-state index contributed by atoms with van der Waals surface area (Å²) in [7, 11) is 1.80. The van der Waals surface area contributed by atoms with E-state index in [4.69, 9.17) is 0 Å². The van der Waals surface area contributed by atoms with Gasteiger partial charge < -0.3 is 15.5 Å². The van der Waals surface area contributed by atoms with Crippen molar-refractivity contribution in [3.05, 3.63) is 22.2 Å². The Morgan fingerprint density at radius 1 is 1.45 bits per heavy atom. The molecule has 0 bridgehead atoms. The predicted molar refractivity (Wildman–Crippen MR) is 87.3 cm³/mol. The zero-order chi connectivity index (χ0) is 14.9. The van der Waals surface area contributed by atoms with E-state index in [1.165, 1.54) is 0 Å². The van der Waals surface area contributed by atoms with Crippen molar-refractivity contribution in [3.8, 4) is 0 Å². The zero-order valence-electron chi connectivity index (χ0n) is 12.5. The predicted octanol–water partition coefficient (Wildman–Crippen LogP) is 3.14. The molecule has 1 aliphatic heterocycles. The first-order valence-electron chi connectivity index (χ1n) is 7.04. The van der Waals surface area contributed by atoms with Gasteiger partial charge in [0.05, 0.1) is 5.69 Å². The van der Waals surface area contributed by atoms with Gasteiger partial charge in [0.1, 0.15) is 6.04 Å². The van der Waals surface area contributed by atoms with Gasteiger partial charge in [-0.15, -0.1) is 0 Å². The van der Waals surface area contributed by atoms with Crippen LogP contribution in [0.15, 0.2) is 16.6 Å². The summed E-state index contributed by atoms with van der Waals surface area (Å²) >= 11 is 3.65. The van der Waals surface area contributed by atoms with Crippen molar-refractivity contribution in [1.82, 2.24) is 5.32 Å². The first kappa shape index (κ1) is 15.3. The van der Waals surface area contributed by atoms with Crippen LogP contribution in [-0.2, 0) is 4.79 Å². The Morgan fingerprint density at radius 2 is 2.15 bits per heavy atom. The highest BCUT2D eigenvalue weighted by atomic mass is 79.9. The number of nitrogens with one attached hydrogen (secondary N) is 2. The van der Waals surface area contributed by atoms with Crippen molar-refractivity contribution in [2.75, 3.05) is 30.4 Å². The van der Waals surface area contributed by atoms with E-state index in [0.29, 0.717) is 5.92 Å². The highest BCUT2D eigenvalue weighted by molar-refractivity contribution is 9.10. The van der Waals surface area contributed by atoms with Crippen LogP contribution in [0.2, 0.25) is 0 Å². The number of nitrogens with zero attached hydrogens (tertiary/aromatic N) is 1. The second kappa shape index (κ2) is 6.14. The molecule has 0 saturated carbocycles. The molecule has 0 spiro atoms. The van der Waals surface area contributed by atoms with Crippen LogP contribution in [0.25, 0.3) is 0 Å². The smallest absolute Gasteiger partial charge is 0.246 e. The molecule has 2 N–H and O–H groups in total. The monoisotopic (exact) mass is 339 g/mol. The van der Waals surface area contributed by atoms with Crippen LogP contribution in [0, 0.1) is 5.92 Å². The number of likely N-dealkylation sites (N-methyl/N-ethyl adjacent to an activating group) is 1. The number of halogens is 1. The Hall–Kier alpha value is -1.07. The van der Waals surface area contributed by atoms with E-state index in [9.17, 15) is 4.79 Å². The van der Waals surface area contributed by atoms with Crippen molar-refractivity contribution in [2.45, 2.75) is 26.8 Å². The van der Waals surface area contributed by atoms with Crippen LogP contribution in [0.1, 0.15) is 32.4 Å². The maximum absolute atomic E-state index is 11.9. The lowest BCUT2D eigenvalue weighted by Gasteiger charge is -2.27. The van der Waals surface area contributed by atoms with E-state index in [1.54, 1.807) is 7.05 Å². The van der Waals surface area contributed by atoms with E-state index >= 15 is 0 Å². The van der Waals surface area contributed by atoms with Crippen LogP contribution >= 0.6 is 15.9 Å². The summed E-state index contributed by atoms with van der Waals surface area (Å²) < 4.78 is 1.04. The van der Waals surface area contributed by atoms with Gasteiger partial charge in [-0.25, -0.2) is 0 Å². The number of carbonyl (C=O) groups is 1. The van der Waals surface area contributed by atoms with Gasteiger partial charge in [-0.1, -0.05) is 13.8 Å². The van der Waals surface area contributed by atoms with Crippen LogP contribution in [-0.4, -0.2) is 26.0 Å². The molecule has 20 heavy (non-hydrogen) atoms. The Kier molecular flexibility index (Phi) is 4.70. The summed E-state index contributed by atoms with van der Waals surface area (Å²) in [4.78, 5) is 14.2. The van der Waals surface area contributed by atoms with Gasteiger partial charge in [-0.05, 0) is 48.0 Å². The molecular formula is C15H22BrN3O. The van der Waals surface area contributed by atoms with Gasteiger partial charge in [0, 0.05) is 28.8 Å². The number of rotatable bonds is 5. The molecule has 2 rings (SSSR count). The van der Waals surface area contributed by atoms with Crippen LogP contribution in [0.3, 0.4) is 0 Å². The molecule has 0 aliphatic carbocycles. The minimum atomic E-state index is -0.254. The molecule has 1 amide bonds. The Labute approximate surface area is 129 Å². The van der Waals surface area contributed by atoms with Crippen LogP contribution in [0.5, 0.6) is 0 Å². The second-order valence-electron chi connectivity index (χ2n) is 5.53. The Morgan fingerprint density at radius 3 is 2.70 bits per heavy atom. The molecule has 0 radical (unpaired) electrons. The van der Waals surface area contributed by atoms with E-state index in [0.717, 1.165) is 34.5 Å². The van der Waals surface area contributed by atoms with Gasteiger partial charge in [0.2, 0.25) is 5.91 Å². The number of carbonyl (C=O) groups excluding carboxylic acids is 1. The van der Waals surface area contributed by atoms with E-state index in [2.05, 4.69) is 58.3 Å².